The van der Waals surface area contributed by atoms with E-state index in [0.717, 1.165) is 89.9 Å². The van der Waals surface area contributed by atoms with Gasteiger partial charge in [0.1, 0.15) is 6.10 Å². The van der Waals surface area contributed by atoms with E-state index in [-0.39, 0.29) is 32.8 Å². The first-order chi connectivity index (χ1) is 29.4. The molecule has 0 aliphatic heterocycles. The quantitative estimate of drug-likeness (QED) is 0.0270. The highest BCUT2D eigenvalue weighted by molar-refractivity contribution is 7.47. The maximum absolute atomic E-state index is 12.6. The van der Waals surface area contributed by atoms with Gasteiger partial charge >= 0.3 is 13.8 Å². The van der Waals surface area contributed by atoms with Gasteiger partial charge in [-0.05, 0) is 89.9 Å². The fourth-order valence-corrected chi connectivity index (χ4v) is 6.37. The van der Waals surface area contributed by atoms with Crippen molar-refractivity contribution in [3.05, 3.63) is 122 Å². The van der Waals surface area contributed by atoms with Crippen LogP contribution in [0.2, 0.25) is 0 Å². The van der Waals surface area contributed by atoms with Crippen LogP contribution in [0, 0.1) is 0 Å². The molecule has 0 heterocycles. The smallest absolute Gasteiger partial charge is 0.457 e. The zero-order chi connectivity index (χ0) is 43.7. The predicted molar refractivity (Wildman–Crippen MR) is 256 cm³/mol. The van der Waals surface area contributed by atoms with E-state index in [0.29, 0.717) is 13.0 Å². The third-order valence-electron chi connectivity index (χ3n) is 8.89. The minimum Gasteiger partial charge on any atom is -0.457 e. The van der Waals surface area contributed by atoms with E-state index >= 15 is 0 Å². The van der Waals surface area contributed by atoms with E-state index in [1.807, 2.05) is 12.2 Å². The van der Waals surface area contributed by atoms with Crippen LogP contribution in [0.4, 0.5) is 0 Å². The molecule has 340 valence electrons. The normalized spacial score (nSPS) is 14.5. The van der Waals surface area contributed by atoms with Crippen molar-refractivity contribution in [2.24, 2.45) is 5.73 Å². The average Bonchev–Trinajstić information content (AvgIpc) is 3.24. The monoisotopic (exact) mass is 854 g/mol. The van der Waals surface area contributed by atoms with Crippen LogP contribution in [-0.2, 0) is 27.9 Å². The summed E-state index contributed by atoms with van der Waals surface area (Å²) in [6, 6.07) is 0. The average molecular weight is 854 g/mol. The second kappa shape index (κ2) is 47.0. The summed E-state index contributed by atoms with van der Waals surface area (Å²) in [5.41, 5.74) is 5.37. The van der Waals surface area contributed by atoms with Gasteiger partial charge in [-0.25, -0.2) is 4.57 Å². The number of phosphoric acid groups is 1. The third-order valence-corrected chi connectivity index (χ3v) is 9.87. The Balaban J connectivity index is 4.15. The van der Waals surface area contributed by atoms with Crippen LogP contribution in [0.1, 0.15) is 155 Å². The second-order valence-corrected chi connectivity index (χ2v) is 16.0. The predicted octanol–water partition coefficient (Wildman–Crippen LogP) is 14.2. The van der Waals surface area contributed by atoms with Crippen LogP contribution in [0.5, 0.6) is 0 Å². The second-order valence-electron chi connectivity index (χ2n) is 14.5. The zero-order valence-electron chi connectivity index (χ0n) is 37.6. The number of ether oxygens (including phenoxy) is 2. The number of phosphoric ester groups is 1. The molecule has 0 fully saturated rings. The van der Waals surface area contributed by atoms with Gasteiger partial charge in [0.25, 0.3) is 0 Å². The zero-order valence-corrected chi connectivity index (χ0v) is 38.5. The van der Waals surface area contributed by atoms with Crippen molar-refractivity contribution in [1.82, 2.24) is 0 Å². The molecule has 0 radical (unpaired) electrons. The summed E-state index contributed by atoms with van der Waals surface area (Å²) in [5.74, 6) is -0.419. The number of carbonyl (C=O) groups is 1. The van der Waals surface area contributed by atoms with Crippen molar-refractivity contribution in [3.8, 4) is 0 Å². The number of rotatable bonds is 42. The van der Waals surface area contributed by atoms with E-state index in [2.05, 4.69) is 123 Å². The van der Waals surface area contributed by atoms with Crippen molar-refractivity contribution in [1.29, 1.82) is 0 Å². The molecule has 9 heteroatoms. The Morgan fingerprint density at radius 3 is 1.32 bits per heavy atom. The van der Waals surface area contributed by atoms with Crippen molar-refractivity contribution in [3.63, 3.8) is 0 Å². The highest BCUT2D eigenvalue weighted by Gasteiger charge is 2.25. The summed E-state index contributed by atoms with van der Waals surface area (Å²) in [6.45, 7) is 4.54. The molecule has 0 saturated carbocycles. The Morgan fingerprint density at radius 1 is 0.500 bits per heavy atom. The van der Waals surface area contributed by atoms with Crippen LogP contribution < -0.4 is 5.73 Å². The highest BCUT2D eigenvalue weighted by atomic mass is 31.2. The maximum atomic E-state index is 12.6. The molecular weight excluding hydrogens is 770 g/mol. The Labute approximate surface area is 366 Å². The molecule has 0 amide bonds. The molecule has 0 aliphatic carbocycles. The van der Waals surface area contributed by atoms with Gasteiger partial charge in [0.15, 0.2) is 0 Å². The minimum absolute atomic E-state index is 0.0729. The van der Waals surface area contributed by atoms with Crippen molar-refractivity contribution >= 4 is 13.8 Å². The van der Waals surface area contributed by atoms with E-state index in [1.54, 1.807) is 0 Å². The third kappa shape index (κ3) is 46.0. The molecule has 3 N–H and O–H groups in total. The molecule has 0 aromatic carbocycles. The van der Waals surface area contributed by atoms with Gasteiger partial charge in [-0.3, -0.25) is 13.8 Å². The topological polar surface area (TPSA) is 117 Å². The maximum Gasteiger partial charge on any atom is 0.472 e. The summed E-state index contributed by atoms with van der Waals surface area (Å²) in [7, 11) is -4.31. The van der Waals surface area contributed by atoms with Gasteiger partial charge in [0, 0.05) is 19.6 Å². The Kier molecular flexibility index (Phi) is 44.5. The standard InChI is InChI=1S/C51H84NO7P/c1-3-5-7-9-11-13-15-17-19-21-23-24-25-27-29-31-33-35-37-39-41-43-46-56-48-50(49-58-60(54,55)57-47-45-52)59-51(53)44-42-40-38-36-34-32-30-28-26-22-20-18-16-14-12-10-8-6-4-2/h5-8,11-14,17-20,23-24,26,28,32,34,38,40,50H,3-4,9-10,15-16,21-22,25,27,29-31,33,35-37,39,41-49,52H2,1-2H3,(H,54,55)/b7-5-,8-6-,13-11-,14-12-,19-17-,20-18-,24-23-,28-26-,34-32-,40-38-. The summed E-state index contributed by atoms with van der Waals surface area (Å²) >= 11 is 0. The number of unbranched alkanes of at least 4 members (excludes halogenated alkanes) is 9. The lowest BCUT2D eigenvalue weighted by atomic mass is 10.1. The highest BCUT2D eigenvalue weighted by Crippen LogP contribution is 2.43. The minimum atomic E-state index is -4.31. The molecule has 8 nitrogen and oxygen atoms in total. The van der Waals surface area contributed by atoms with E-state index < -0.39 is 19.9 Å². The lowest BCUT2D eigenvalue weighted by molar-refractivity contribution is -0.154. The summed E-state index contributed by atoms with van der Waals surface area (Å²) in [4.78, 5) is 22.5. The number of hydrogen-bond donors (Lipinski definition) is 2. The van der Waals surface area contributed by atoms with Crippen LogP contribution in [0.3, 0.4) is 0 Å². The first-order valence-electron chi connectivity index (χ1n) is 23.0. The molecule has 60 heavy (non-hydrogen) atoms. The number of nitrogens with two attached hydrogens (primary N) is 1. The largest absolute Gasteiger partial charge is 0.472 e. The molecule has 0 aromatic heterocycles. The Morgan fingerprint density at radius 2 is 0.883 bits per heavy atom. The number of allylic oxidation sites excluding steroid dienone is 20. The summed E-state index contributed by atoms with van der Waals surface area (Å²) in [6.07, 6.45) is 65.2. The van der Waals surface area contributed by atoms with Gasteiger partial charge in [-0.15, -0.1) is 0 Å². The molecule has 0 aliphatic rings. The lowest BCUT2D eigenvalue weighted by Gasteiger charge is -2.20. The van der Waals surface area contributed by atoms with Crippen molar-refractivity contribution in [2.75, 3.05) is 33.0 Å². The van der Waals surface area contributed by atoms with Crippen LogP contribution in [0.25, 0.3) is 0 Å². The van der Waals surface area contributed by atoms with Gasteiger partial charge in [0.05, 0.1) is 19.8 Å². The van der Waals surface area contributed by atoms with E-state index in [4.69, 9.17) is 24.3 Å². The summed E-state index contributed by atoms with van der Waals surface area (Å²) < 4.78 is 33.4. The van der Waals surface area contributed by atoms with Crippen LogP contribution in [-0.4, -0.2) is 49.9 Å². The Bertz CT molecular complexity index is 1320. The molecule has 2 unspecified atom stereocenters. The lowest BCUT2D eigenvalue weighted by Crippen LogP contribution is -2.28. The van der Waals surface area contributed by atoms with Gasteiger partial charge in [-0.1, -0.05) is 180 Å². The molecule has 2 atom stereocenters. The SMILES string of the molecule is CC/C=C\C/C=C\C/C=C\C/C=C\C/C=C\C/C=C\CCC(=O)OC(COCCCCCCCCCCC/C=C\C/C=C\C/C=C\C/C=C\CC)COP(=O)(O)OCCN. The van der Waals surface area contributed by atoms with Crippen molar-refractivity contribution < 1.29 is 32.8 Å². The fourth-order valence-electron chi connectivity index (χ4n) is 5.60. The Hall–Kier alpha value is -3.10. The molecule has 0 aromatic rings. The molecule has 0 bridgehead atoms. The van der Waals surface area contributed by atoms with Crippen molar-refractivity contribution in [2.45, 2.75) is 161 Å². The van der Waals surface area contributed by atoms with E-state index in [1.165, 1.54) is 38.5 Å². The van der Waals surface area contributed by atoms with Crippen LogP contribution in [0.15, 0.2) is 122 Å². The van der Waals surface area contributed by atoms with Gasteiger partial charge in [-0.2, -0.15) is 0 Å². The van der Waals surface area contributed by atoms with Gasteiger partial charge < -0.3 is 20.1 Å². The molecule has 0 spiro atoms. The van der Waals surface area contributed by atoms with Gasteiger partial charge in [0.2, 0.25) is 0 Å². The molecule has 0 rings (SSSR count). The summed E-state index contributed by atoms with van der Waals surface area (Å²) in [5, 5.41) is 0. The van der Waals surface area contributed by atoms with Crippen LogP contribution >= 0.6 is 7.82 Å². The first kappa shape index (κ1) is 56.9. The number of esters is 1. The number of hydrogen-bond acceptors (Lipinski definition) is 7. The molecule has 0 saturated heterocycles. The first-order valence-corrected chi connectivity index (χ1v) is 24.5. The number of carbonyl (C=O) groups excluding carboxylic acids is 1. The fraction of sp³-hybridized carbons (Fsp3) is 0.588. The van der Waals surface area contributed by atoms with E-state index in [9.17, 15) is 14.3 Å². The molecular formula is C51H84NO7P.